The average Bonchev–Trinajstić information content (AvgIpc) is 3.47. The van der Waals surface area contributed by atoms with Gasteiger partial charge in [0.15, 0.2) is 0 Å². The van der Waals surface area contributed by atoms with Gasteiger partial charge in [-0.2, -0.15) is 5.10 Å². The molecular weight excluding hydrogens is 387 g/mol. The van der Waals surface area contributed by atoms with Gasteiger partial charge in [0.25, 0.3) is 5.28 Å². The number of rotatable bonds is 6. The zero-order valence-corrected chi connectivity index (χ0v) is 16.7. The van der Waals surface area contributed by atoms with E-state index in [1.54, 1.807) is 30.3 Å². The van der Waals surface area contributed by atoms with Crippen LogP contribution >= 0.6 is 7.60 Å². The number of carbonyl (C=O) groups is 2. The summed E-state index contributed by atoms with van der Waals surface area (Å²) < 4.78 is 27.3. The van der Waals surface area contributed by atoms with Crippen molar-refractivity contribution in [1.82, 2.24) is 16.3 Å². The fraction of sp³-hybridized carbons (Fsp3) is 0.353. The number of ether oxygens (including phenoxy) is 1. The van der Waals surface area contributed by atoms with E-state index in [0.29, 0.717) is 5.56 Å². The molecule has 0 saturated carbocycles. The van der Waals surface area contributed by atoms with E-state index in [9.17, 15) is 14.2 Å². The largest absolute Gasteiger partial charge is 0.467 e. The maximum Gasteiger partial charge on any atom is 0.368 e. The molecule has 152 valence electrons. The molecule has 3 N–H and O–H groups in total. The zero-order chi connectivity index (χ0) is 20.6. The van der Waals surface area contributed by atoms with Crippen LogP contribution in [0.5, 0.6) is 0 Å². The second-order valence-electron chi connectivity index (χ2n) is 5.68. The van der Waals surface area contributed by atoms with Crippen LogP contribution < -0.4 is 16.3 Å². The normalized spacial score (nSPS) is 20.3. The van der Waals surface area contributed by atoms with Gasteiger partial charge in [-0.1, -0.05) is 36.4 Å². The number of benzene rings is 1. The fourth-order valence-electron chi connectivity index (χ4n) is 2.61. The second-order valence-corrected chi connectivity index (χ2v) is 8.17. The first kappa shape index (κ1) is 21.8. The number of nitrogens with one attached hydrogen (secondary N) is 3. The molecule has 1 aromatic rings. The second kappa shape index (κ2) is 9.61. The van der Waals surface area contributed by atoms with Gasteiger partial charge in [-0.25, -0.2) is 10.2 Å². The van der Waals surface area contributed by atoms with E-state index in [-0.39, 0.29) is 17.9 Å². The number of methoxy groups -OCH3 is 1. The lowest BCUT2D eigenvalue weighted by atomic mass is 10.0. The summed E-state index contributed by atoms with van der Waals surface area (Å²) in [4.78, 5) is 24.7. The van der Waals surface area contributed by atoms with E-state index in [1.165, 1.54) is 0 Å². The Labute approximate surface area is 162 Å². The van der Waals surface area contributed by atoms with Gasteiger partial charge in [0.1, 0.15) is 5.71 Å². The number of esters is 1. The van der Waals surface area contributed by atoms with Crippen molar-refractivity contribution in [2.24, 2.45) is 5.10 Å². The summed E-state index contributed by atoms with van der Waals surface area (Å²) in [7, 11) is -0.523. The summed E-state index contributed by atoms with van der Waals surface area (Å²) in [5, 5.41) is 2.00. The van der Waals surface area contributed by atoms with Crippen molar-refractivity contribution in [3.8, 4) is 0 Å². The quantitative estimate of drug-likeness (QED) is 0.360. The molecule has 0 spiro atoms. The zero-order valence-electron chi connectivity index (χ0n) is 15.8. The maximum atomic E-state index is 12.8. The molecule has 2 aliphatic rings. The Kier molecular flexibility index (Phi) is 7.47. The van der Waals surface area contributed by atoms with Crippen LogP contribution in [0.3, 0.4) is 0 Å². The third-order valence-electron chi connectivity index (χ3n) is 4.09. The third kappa shape index (κ3) is 4.31. The van der Waals surface area contributed by atoms with Gasteiger partial charge in [-0.05, 0) is 0 Å². The van der Waals surface area contributed by atoms with Crippen LogP contribution in [0.1, 0.15) is 16.8 Å². The van der Waals surface area contributed by atoms with Crippen LogP contribution in [0.15, 0.2) is 47.7 Å². The predicted octanol–water partition coefficient (Wildman–Crippen LogP) is 1.18. The number of ketones is 1. The van der Waals surface area contributed by atoms with E-state index < -0.39 is 18.8 Å². The molecule has 0 aliphatic carbocycles. The van der Waals surface area contributed by atoms with Crippen molar-refractivity contribution in [2.75, 3.05) is 27.9 Å². The van der Waals surface area contributed by atoms with Crippen molar-refractivity contribution in [3.63, 3.8) is 0 Å². The van der Waals surface area contributed by atoms with Crippen LogP contribution in [0, 0.1) is 0 Å². The molecule has 1 unspecified atom stereocenters. The Morgan fingerprint density at radius 3 is 2.29 bits per heavy atom. The molecule has 11 heteroatoms. The molecule has 0 fully saturated rings. The summed E-state index contributed by atoms with van der Waals surface area (Å²) in [6.07, 6.45) is 3.62. The SMILES string of the molecule is C1=CNNC1.COC(=O)C1(P(=O)(OC)OC)CC(C(=O)c2ccccc2)=NN1. The first-order valence-electron chi connectivity index (χ1n) is 8.31. The highest BCUT2D eigenvalue weighted by Gasteiger charge is 2.61. The van der Waals surface area contributed by atoms with Crippen LogP contribution in [0.25, 0.3) is 0 Å². The van der Waals surface area contributed by atoms with Gasteiger partial charge in [0.2, 0.25) is 5.78 Å². The van der Waals surface area contributed by atoms with Gasteiger partial charge >= 0.3 is 13.6 Å². The van der Waals surface area contributed by atoms with Crippen molar-refractivity contribution in [3.05, 3.63) is 48.2 Å². The Hall–Kier alpha value is -2.52. The summed E-state index contributed by atoms with van der Waals surface area (Å²) in [6, 6.07) is 8.43. The third-order valence-corrected chi connectivity index (χ3v) is 6.43. The Bertz CT molecular complexity index is 799. The monoisotopic (exact) mass is 410 g/mol. The van der Waals surface area contributed by atoms with Gasteiger partial charge in [0.05, 0.1) is 7.11 Å². The van der Waals surface area contributed by atoms with Gasteiger partial charge in [-0.15, -0.1) is 0 Å². The van der Waals surface area contributed by atoms with Gasteiger partial charge < -0.3 is 19.2 Å². The summed E-state index contributed by atoms with van der Waals surface area (Å²) >= 11 is 0. The first-order valence-corrected chi connectivity index (χ1v) is 9.85. The van der Waals surface area contributed by atoms with E-state index in [2.05, 4.69) is 21.4 Å². The smallest absolute Gasteiger partial charge is 0.368 e. The minimum absolute atomic E-state index is 0.0379. The highest BCUT2D eigenvalue weighted by molar-refractivity contribution is 7.56. The van der Waals surface area contributed by atoms with Crippen LogP contribution in [-0.2, 0) is 23.1 Å². The number of hydrazine groups is 1. The molecule has 3 rings (SSSR count). The molecule has 2 heterocycles. The molecule has 10 nitrogen and oxygen atoms in total. The molecule has 0 amide bonds. The average molecular weight is 410 g/mol. The predicted molar refractivity (Wildman–Crippen MR) is 103 cm³/mol. The van der Waals surface area contributed by atoms with E-state index >= 15 is 0 Å². The van der Waals surface area contributed by atoms with Crippen LogP contribution in [0.4, 0.5) is 0 Å². The van der Waals surface area contributed by atoms with Crippen molar-refractivity contribution >= 4 is 25.1 Å². The molecule has 2 aliphatic heterocycles. The molecule has 1 atom stereocenters. The lowest BCUT2D eigenvalue weighted by Gasteiger charge is -2.30. The number of hydrogen-bond acceptors (Lipinski definition) is 10. The fourth-order valence-corrected chi connectivity index (χ4v) is 4.21. The molecule has 0 bridgehead atoms. The molecule has 0 radical (unpaired) electrons. The highest BCUT2D eigenvalue weighted by Crippen LogP contribution is 2.60. The van der Waals surface area contributed by atoms with Crippen LogP contribution in [-0.4, -0.2) is 50.6 Å². The molecule has 0 aromatic heterocycles. The Balaban J connectivity index is 0.000000485. The lowest BCUT2D eigenvalue weighted by Crippen LogP contribution is -2.48. The number of hydrogen-bond donors (Lipinski definition) is 3. The Morgan fingerprint density at radius 1 is 1.14 bits per heavy atom. The number of Topliss-reactive ketones (excluding diaryl/α,β-unsaturated/α-hetero) is 1. The molecule has 1 aromatic carbocycles. The molecule has 28 heavy (non-hydrogen) atoms. The van der Waals surface area contributed by atoms with Crippen LogP contribution in [0.2, 0.25) is 0 Å². The summed E-state index contributed by atoms with van der Waals surface area (Å²) in [5.74, 6) is -1.27. The minimum atomic E-state index is -3.95. The first-order chi connectivity index (χ1) is 13.4. The van der Waals surface area contributed by atoms with E-state index in [0.717, 1.165) is 27.9 Å². The topological polar surface area (TPSA) is 127 Å². The van der Waals surface area contributed by atoms with Crippen molar-refractivity contribution in [1.29, 1.82) is 0 Å². The van der Waals surface area contributed by atoms with Crippen molar-refractivity contribution in [2.45, 2.75) is 11.7 Å². The highest BCUT2D eigenvalue weighted by atomic mass is 31.2. The lowest BCUT2D eigenvalue weighted by molar-refractivity contribution is -0.145. The standard InChI is InChI=1S/C14H17N2O6P.C3H6N2/c1-20-13(18)14(23(19,21-2)22-3)9-11(15-16-14)12(17)10-7-5-4-6-8-10;1-2-4-5-3-1/h4-8,16H,9H2,1-3H3;1-2,4-5H,3H2. The summed E-state index contributed by atoms with van der Waals surface area (Å²) in [6.45, 7) is 0.958. The maximum absolute atomic E-state index is 12.8. The number of nitrogens with zero attached hydrogens (tertiary/aromatic N) is 1. The van der Waals surface area contributed by atoms with Gasteiger partial charge in [-0.3, -0.25) is 14.8 Å². The van der Waals surface area contributed by atoms with E-state index in [4.69, 9.17) is 13.8 Å². The van der Waals surface area contributed by atoms with E-state index in [1.807, 2.05) is 12.3 Å². The molecule has 0 saturated heterocycles. The van der Waals surface area contributed by atoms with Gasteiger partial charge in [0, 0.05) is 38.9 Å². The minimum Gasteiger partial charge on any atom is -0.467 e. The summed E-state index contributed by atoms with van der Waals surface area (Å²) in [5.41, 5.74) is 8.54. The van der Waals surface area contributed by atoms with Crippen molar-refractivity contribution < 1.29 is 27.9 Å². The number of carbonyl (C=O) groups excluding carboxylic acids is 2. The Morgan fingerprint density at radius 2 is 1.82 bits per heavy atom. The number of hydrazone groups is 1. The molecular formula is C17H23N4O6P.